The minimum absolute atomic E-state index is 0.199. The van der Waals surface area contributed by atoms with Crippen molar-refractivity contribution < 1.29 is 22.8 Å². The SMILES string of the molecule is COc1c(Nc2cc(Nc3cccc(C#N)n3)nc3c2nc(C(F)F)n3C2CCCCO2)cccc1-c1noc(C)n1. The van der Waals surface area contributed by atoms with Crippen LogP contribution in [0.15, 0.2) is 47.0 Å². The van der Waals surface area contributed by atoms with Crippen molar-refractivity contribution in [3.8, 4) is 23.2 Å². The molecule has 1 aliphatic heterocycles. The summed E-state index contributed by atoms with van der Waals surface area (Å²) in [6, 6.07) is 13.9. The van der Waals surface area contributed by atoms with Crippen LogP contribution in [0, 0.1) is 18.3 Å². The van der Waals surface area contributed by atoms with Crippen molar-refractivity contribution in [2.75, 3.05) is 24.4 Å². The largest absolute Gasteiger partial charge is 0.494 e. The number of imidazole rings is 1. The highest BCUT2D eigenvalue weighted by Crippen LogP contribution is 2.40. The van der Waals surface area contributed by atoms with Crippen LogP contribution >= 0.6 is 0 Å². The van der Waals surface area contributed by atoms with Crippen molar-refractivity contribution in [2.24, 2.45) is 0 Å². The highest BCUT2D eigenvalue weighted by Gasteiger charge is 2.29. The summed E-state index contributed by atoms with van der Waals surface area (Å²) in [5, 5.41) is 19.7. The fraction of sp³-hybridized carbons (Fsp3) is 0.286. The van der Waals surface area contributed by atoms with E-state index in [1.807, 2.05) is 6.07 Å². The number of nitrogens with zero attached hydrogens (tertiary/aromatic N) is 7. The first-order valence-electron chi connectivity index (χ1n) is 13.2. The van der Waals surface area contributed by atoms with Gasteiger partial charge in [0.1, 0.15) is 35.1 Å². The number of fused-ring (bicyclic) bond motifs is 1. The second-order valence-corrected chi connectivity index (χ2v) is 9.48. The lowest BCUT2D eigenvalue weighted by Gasteiger charge is -2.25. The highest BCUT2D eigenvalue weighted by molar-refractivity contribution is 5.92. The van der Waals surface area contributed by atoms with Crippen LogP contribution in [0.1, 0.15) is 49.3 Å². The van der Waals surface area contributed by atoms with Crippen LogP contribution in [0.25, 0.3) is 22.6 Å². The molecule has 5 heterocycles. The van der Waals surface area contributed by atoms with Crippen LogP contribution in [0.5, 0.6) is 5.75 Å². The maximum Gasteiger partial charge on any atom is 0.295 e. The van der Waals surface area contributed by atoms with E-state index in [1.165, 1.54) is 11.7 Å². The van der Waals surface area contributed by atoms with E-state index in [1.54, 1.807) is 49.4 Å². The van der Waals surface area contributed by atoms with Gasteiger partial charge in [-0.25, -0.2) is 23.7 Å². The molecule has 0 amide bonds. The van der Waals surface area contributed by atoms with Crippen LogP contribution in [0.2, 0.25) is 0 Å². The summed E-state index contributed by atoms with van der Waals surface area (Å²) in [5.41, 5.74) is 2.06. The lowest BCUT2D eigenvalue weighted by molar-refractivity contribution is -0.0363. The Morgan fingerprint density at radius 2 is 1.90 bits per heavy atom. The zero-order valence-electron chi connectivity index (χ0n) is 22.6. The van der Waals surface area contributed by atoms with Crippen molar-refractivity contribution in [1.29, 1.82) is 5.26 Å². The van der Waals surface area contributed by atoms with Crippen LogP contribution in [0.4, 0.5) is 31.8 Å². The van der Waals surface area contributed by atoms with Crippen LogP contribution in [-0.2, 0) is 4.74 Å². The van der Waals surface area contributed by atoms with Crippen molar-refractivity contribution >= 4 is 34.2 Å². The third-order valence-corrected chi connectivity index (χ3v) is 6.69. The molecule has 0 radical (unpaired) electrons. The van der Waals surface area contributed by atoms with Gasteiger partial charge in [0.05, 0.1) is 24.0 Å². The molecular weight excluding hydrogens is 548 g/mol. The smallest absolute Gasteiger partial charge is 0.295 e. The van der Waals surface area contributed by atoms with Crippen LogP contribution in [0.3, 0.4) is 0 Å². The summed E-state index contributed by atoms with van der Waals surface area (Å²) in [6.45, 7) is 2.13. The number of nitriles is 1. The number of alkyl halides is 2. The quantitative estimate of drug-likeness (QED) is 0.219. The molecule has 5 aromatic rings. The second kappa shape index (κ2) is 11.4. The van der Waals surface area contributed by atoms with E-state index < -0.39 is 18.5 Å². The summed E-state index contributed by atoms with van der Waals surface area (Å²) >= 11 is 0. The van der Waals surface area contributed by atoms with Gasteiger partial charge < -0.3 is 24.6 Å². The van der Waals surface area contributed by atoms with Gasteiger partial charge in [-0.2, -0.15) is 10.2 Å². The number of rotatable bonds is 8. The van der Waals surface area contributed by atoms with E-state index in [0.717, 1.165) is 12.8 Å². The van der Waals surface area contributed by atoms with E-state index in [-0.39, 0.29) is 22.7 Å². The number of hydrogen-bond acceptors (Lipinski definition) is 11. The van der Waals surface area contributed by atoms with Gasteiger partial charge in [0.25, 0.3) is 6.43 Å². The molecule has 1 aromatic carbocycles. The molecule has 2 N–H and O–H groups in total. The van der Waals surface area contributed by atoms with Crippen molar-refractivity contribution in [3.63, 3.8) is 0 Å². The summed E-state index contributed by atoms with van der Waals surface area (Å²) < 4.78 is 46.9. The molecule has 1 fully saturated rings. The first-order chi connectivity index (χ1) is 20.4. The molecule has 4 aromatic heterocycles. The zero-order chi connectivity index (χ0) is 29.2. The predicted molar refractivity (Wildman–Crippen MR) is 148 cm³/mol. The summed E-state index contributed by atoms with van der Waals surface area (Å²) in [7, 11) is 1.50. The molecule has 12 nitrogen and oxygen atoms in total. The molecule has 42 heavy (non-hydrogen) atoms. The van der Waals surface area contributed by atoms with E-state index in [0.29, 0.717) is 53.2 Å². The fourth-order valence-electron chi connectivity index (χ4n) is 4.89. The van der Waals surface area contributed by atoms with E-state index >= 15 is 0 Å². The van der Waals surface area contributed by atoms with Gasteiger partial charge in [0, 0.05) is 19.6 Å². The Morgan fingerprint density at radius 1 is 1.05 bits per heavy atom. The molecule has 0 bridgehead atoms. The number of aryl methyl sites for hydroxylation is 1. The van der Waals surface area contributed by atoms with Gasteiger partial charge in [0.2, 0.25) is 11.7 Å². The van der Waals surface area contributed by atoms with Gasteiger partial charge in [-0.15, -0.1) is 0 Å². The molecule has 6 rings (SSSR count). The Bertz CT molecular complexity index is 1790. The van der Waals surface area contributed by atoms with Crippen LogP contribution in [-0.4, -0.2) is 43.4 Å². The maximum atomic E-state index is 14.4. The molecule has 1 unspecified atom stereocenters. The molecule has 14 heteroatoms. The number of methoxy groups -OCH3 is 1. The number of para-hydroxylation sites is 1. The number of nitrogens with one attached hydrogen (secondary N) is 2. The molecule has 1 atom stereocenters. The van der Waals surface area contributed by atoms with E-state index in [2.05, 4.69) is 35.7 Å². The van der Waals surface area contributed by atoms with Crippen LogP contribution < -0.4 is 15.4 Å². The predicted octanol–water partition coefficient (Wildman–Crippen LogP) is 6.19. The topological polar surface area (TPSA) is 149 Å². The number of anilines is 4. The van der Waals surface area contributed by atoms with Gasteiger partial charge in [-0.05, 0) is 43.5 Å². The molecular formula is C28H25F2N9O3. The molecule has 1 aliphatic rings. The monoisotopic (exact) mass is 573 g/mol. The molecule has 0 spiro atoms. The summed E-state index contributed by atoms with van der Waals surface area (Å²) in [5.74, 6) is 1.32. The molecule has 0 aliphatic carbocycles. The molecule has 214 valence electrons. The minimum Gasteiger partial charge on any atom is -0.494 e. The number of pyridine rings is 2. The Hall–Kier alpha value is -5.16. The lowest BCUT2D eigenvalue weighted by atomic mass is 10.1. The molecule has 1 saturated heterocycles. The van der Waals surface area contributed by atoms with E-state index in [9.17, 15) is 14.0 Å². The summed E-state index contributed by atoms with van der Waals surface area (Å²) in [6.07, 6.45) is -1.32. The number of aromatic nitrogens is 6. The lowest BCUT2D eigenvalue weighted by Crippen LogP contribution is -2.20. The van der Waals surface area contributed by atoms with Gasteiger partial charge >= 0.3 is 0 Å². The van der Waals surface area contributed by atoms with Gasteiger partial charge in [0.15, 0.2) is 17.2 Å². The number of hydrogen-bond donors (Lipinski definition) is 2. The second-order valence-electron chi connectivity index (χ2n) is 9.48. The fourth-order valence-corrected chi connectivity index (χ4v) is 4.89. The van der Waals surface area contributed by atoms with Crippen molar-refractivity contribution in [1.82, 2.24) is 29.7 Å². The first kappa shape index (κ1) is 27.0. The molecule has 0 saturated carbocycles. The third-order valence-electron chi connectivity index (χ3n) is 6.69. The van der Waals surface area contributed by atoms with E-state index in [4.69, 9.17) is 14.0 Å². The van der Waals surface area contributed by atoms with Crippen molar-refractivity contribution in [2.45, 2.75) is 38.8 Å². The number of halogens is 2. The Kier molecular flexibility index (Phi) is 7.32. The number of ether oxygens (including phenoxy) is 2. The number of benzene rings is 1. The Labute approximate surface area is 238 Å². The summed E-state index contributed by atoms with van der Waals surface area (Å²) in [4.78, 5) is 17.6. The average Bonchev–Trinajstić information content (AvgIpc) is 3.61. The maximum absolute atomic E-state index is 14.4. The first-order valence-corrected chi connectivity index (χ1v) is 13.2. The van der Waals surface area contributed by atoms with Crippen molar-refractivity contribution in [3.05, 3.63) is 59.9 Å². The van der Waals surface area contributed by atoms with Gasteiger partial charge in [-0.3, -0.25) is 4.57 Å². The Morgan fingerprint density at radius 3 is 2.62 bits per heavy atom. The third kappa shape index (κ3) is 5.17. The minimum atomic E-state index is -2.87. The normalized spacial score (nSPS) is 15.1. The Balaban J connectivity index is 1.51. The average molecular weight is 574 g/mol. The zero-order valence-corrected chi connectivity index (χ0v) is 22.6. The van der Waals surface area contributed by atoms with Gasteiger partial charge in [-0.1, -0.05) is 17.3 Å². The standard InChI is InChI=1S/C28H25F2N9O3/c1-15-32-26(38-42-15)17-8-6-9-18(24(17)40-2)34-19-13-21(35-20-10-5-7-16(14-31)33-20)36-27-23(19)37-28(25(29)30)39(27)22-11-3-4-12-41-22/h5-10,13,22,25H,3-4,11-12H2,1-2H3,(H2,33,34,35,36). The highest BCUT2D eigenvalue weighted by atomic mass is 19.3.